The van der Waals surface area contributed by atoms with Crippen molar-refractivity contribution in [2.24, 2.45) is 0 Å². The molecule has 1 aromatic carbocycles. The number of methoxy groups -OCH3 is 1. The molecular weight excluding hydrogens is 375 g/mol. The Bertz CT molecular complexity index is 861. The number of halogens is 1. The lowest BCUT2D eigenvalue weighted by Gasteiger charge is -2.30. The number of alkyl carbamates (subject to hydrolysis) is 1. The van der Waals surface area contributed by atoms with Gasteiger partial charge >= 0.3 is 6.09 Å². The van der Waals surface area contributed by atoms with Gasteiger partial charge in [-0.15, -0.1) is 0 Å². The van der Waals surface area contributed by atoms with Crippen molar-refractivity contribution in [2.45, 2.75) is 70.7 Å². The number of carbonyl (C=O) groups is 1. The number of hydrogen-bond acceptors (Lipinski definition) is 6. The van der Waals surface area contributed by atoms with E-state index in [9.17, 15) is 9.18 Å². The quantitative estimate of drug-likeness (QED) is 0.790. The summed E-state index contributed by atoms with van der Waals surface area (Å²) in [6, 6.07) is 3.39. The van der Waals surface area contributed by atoms with Crippen LogP contribution in [0.25, 0.3) is 11.0 Å². The number of ether oxygens (including phenoxy) is 2. The average molecular weight is 404 g/mol. The van der Waals surface area contributed by atoms with Gasteiger partial charge in [-0.25, -0.2) is 19.2 Å². The largest absolute Gasteiger partial charge is 0.480 e. The molecule has 29 heavy (non-hydrogen) atoms. The molecule has 1 aromatic heterocycles. The maximum Gasteiger partial charge on any atom is 0.407 e. The number of nitrogens with zero attached hydrogens (tertiary/aromatic N) is 2. The summed E-state index contributed by atoms with van der Waals surface area (Å²) in [5, 5.41) is 6.36. The summed E-state index contributed by atoms with van der Waals surface area (Å²) in [4.78, 5) is 20.6. The number of hydrogen-bond donors (Lipinski definition) is 2. The molecule has 1 fully saturated rings. The van der Waals surface area contributed by atoms with Gasteiger partial charge < -0.3 is 20.1 Å². The molecule has 1 aliphatic carbocycles. The molecule has 7 nitrogen and oxygen atoms in total. The van der Waals surface area contributed by atoms with Crippen molar-refractivity contribution in [3.05, 3.63) is 29.7 Å². The second-order valence-corrected chi connectivity index (χ2v) is 8.38. The number of aromatic nitrogens is 2. The van der Waals surface area contributed by atoms with E-state index in [-0.39, 0.29) is 24.0 Å². The second-order valence-electron chi connectivity index (χ2n) is 8.38. The van der Waals surface area contributed by atoms with Gasteiger partial charge in [0, 0.05) is 24.2 Å². The fourth-order valence-corrected chi connectivity index (χ4v) is 3.52. The van der Waals surface area contributed by atoms with E-state index in [0.29, 0.717) is 29.0 Å². The summed E-state index contributed by atoms with van der Waals surface area (Å²) in [7, 11) is 1.51. The Morgan fingerprint density at radius 2 is 1.90 bits per heavy atom. The van der Waals surface area contributed by atoms with Gasteiger partial charge in [-0.1, -0.05) is 0 Å². The third-order valence-corrected chi connectivity index (χ3v) is 4.97. The molecule has 158 valence electrons. The first-order valence-electron chi connectivity index (χ1n) is 9.96. The third kappa shape index (κ3) is 5.76. The van der Waals surface area contributed by atoms with E-state index in [1.165, 1.54) is 19.4 Å². The number of nitrogens with one attached hydrogen (secondary N) is 2. The van der Waals surface area contributed by atoms with Crippen molar-refractivity contribution in [3.63, 3.8) is 0 Å². The lowest BCUT2D eigenvalue weighted by Crippen LogP contribution is -2.43. The molecule has 0 bridgehead atoms. The van der Waals surface area contributed by atoms with Crippen molar-refractivity contribution < 1.29 is 18.7 Å². The van der Waals surface area contributed by atoms with Crippen LogP contribution >= 0.6 is 0 Å². The van der Waals surface area contributed by atoms with Crippen LogP contribution in [-0.2, 0) is 11.3 Å². The van der Waals surface area contributed by atoms with E-state index in [1.807, 2.05) is 20.8 Å². The van der Waals surface area contributed by atoms with Gasteiger partial charge in [0.2, 0.25) is 5.88 Å². The number of fused-ring (bicyclic) bond motifs is 1. The minimum absolute atomic E-state index is 0.104. The average Bonchev–Trinajstić information content (AvgIpc) is 2.66. The highest BCUT2D eigenvalue weighted by atomic mass is 19.1. The molecule has 3 rings (SSSR count). The van der Waals surface area contributed by atoms with Gasteiger partial charge in [0.15, 0.2) is 0 Å². The van der Waals surface area contributed by atoms with Gasteiger partial charge in [-0.2, -0.15) is 0 Å². The predicted molar refractivity (Wildman–Crippen MR) is 108 cm³/mol. The maximum atomic E-state index is 14.4. The molecule has 1 heterocycles. The monoisotopic (exact) mass is 404 g/mol. The van der Waals surface area contributed by atoms with Crippen LogP contribution in [-0.4, -0.2) is 40.9 Å². The summed E-state index contributed by atoms with van der Waals surface area (Å²) in [5.74, 6) is 0.0471. The topological polar surface area (TPSA) is 85.4 Å². The molecular formula is C21H29FN4O3. The zero-order chi connectivity index (χ0) is 21.0. The highest BCUT2D eigenvalue weighted by Gasteiger charge is 2.25. The van der Waals surface area contributed by atoms with E-state index >= 15 is 0 Å². The molecule has 0 radical (unpaired) electrons. The molecule has 0 saturated heterocycles. The van der Waals surface area contributed by atoms with Crippen molar-refractivity contribution in [3.8, 4) is 5.88 Å². The zero-order valence-electron chi connectivity index (χ0n) is 17.4. The van der Waals surface area contributed by atoms with Crippen LogP contribution in [0.4, 0.5) is 9.18 Å². The van der Waals surface area contributed by atoms with E-state index in [1.54, 1.807) is 6.07 Å². The van der Waals surface area contributed by atoms with Gasteiger partial charge in [0.25, 0.3) is 0 Å². The number of rotatable bonds is 5. The van der Waals surface area contributed by atoms with Crippen LogP contribution in [0.2, 0.25) is 0 Å². The number of benzene rings is 1. The van der Waals surface area contributed by atoms with E-state index < -0.39 is 5.60 Å². The standard InChI is InChI=1S/C21H29FN4O3/c1-21(2,3)29-20(27)25-14-7-5-13(6-8-14)23-11-15-16(22)9-10-17-19(15)26-18(28-4)12-24-17/h9-10,12-14,23H,5-8,11H2,1-4H3,(H,25,27). The Kier molecular flexibility index (Phi) is 6.52. The highest BCUT2D eigenvalue weighted by Crippen LogP contribution is 2.23. The minimum Gasteiger partial charge on any atom is -0.480 e. The highest BCUT2D eigenvalue weighted by molar-refractivity contribution is 5.78. The molecule has 8 heteroatoms. The lowest BCUT2D eigenvalue weighted by atomic mass is 9.91. The summed E-state index contributed by atoms with van der Waals surface area (Å²) in [6.45, 7) is 5.90. The fourth-order valence-electron chi connectivity index (χ4n) is 3.52. The summed E-state index contributed by atoms with van der Waals surface area (Å²) in [6.07, 6.45) is 4.63. The zero-order valence-corrected chi connectivity index (χ0v) is 17.4. The Labute approximate surface area is 170 Å². The van der Waals surface area contributed by atoms with Gasteiger partial charge in [-0.3, -0.25) is 0 Å². The van der Waals surface area contributed by atoms with Gasteiger partial charge in [0.05, 0.1) is 18.8 Å². The van der Waals surface area contributed by atoms with E-state index in [4.69, 9.17) is 9.47 Å². The van der Waals surface area contributed by atoms with Crippen LogP contribution in [0.15, 0.2) is 18.3 Å². The third-order valence-electron chi connectivity index (χ3n) is 4.97. The normalized spacial score (nSPS) is 19.8. The molecule has 0 unspecified atom stereocenters. The van der Waals surface area contributed by atoms with Crippen LogP contribution in [0.3, 0.4) is 0 Å². The molecule has 2 N–H and O–H groups in total. The van der Waals surface area contributed by atoms with E-state index in [0.717, 1.165) is 25.7 Å². The van der Waals surface area contributed by atoms with Crippen LogP contribution < -0.4 is 15.4 Å². The van der Waals surface area contributed by atoms with E-state index in [2.05, 4.69) is 20.6 Å². The Morgan fingerprint density at radius 1 is 1.21 bits per heavy atom. The number of amides is 1. The smallest absolute Gasteiger partial charge is 0.407 e. The van der Waals surface area contributed by atoms with Crippen molar-refractivity contribution in [1.82, 2.24) is 20.6 Å². The first-order valence-corrected chi connectivity index (χ1v) is 9.96. The summed E-state index contributed by atoms with van der Waals surface area (Å²) < 4.78 is 24.9. The van der Waals surface area contributed by atoms with Crippen LogP contribution in [0.5, 0.6) is 5.88 Å². The predicted octanol–water partition coefficient (Wildman–Crippen LogP) is 3.70. The molecule has 1 saturated carbocycles. The van der Waals surface area contributed by atoms with Crippen molar-refractivity contribution in [1.29, 1.82) is 0 Å². The Hall–Kier alpha value is -2.48. The minimum atomic E-state index is -0.503. The SMILES string of the molecule is COc1cnc2ccc(F)c(CNC3CCC(NC(=O)OC(C)(C)C)CC3)c2n1. The molecule has 1 amide bonds. The molecule has 2 aromatic rings. The van der Waals surface area contributed by atoms with Crippen molar-refractivity contribution in [2.75, 3.05) is 7.11 Å². The Balaban J connectivity index is 1.56. The summed E-state index contributed by atoms with van der Waals surface area (Å²) in [5.41, 5.74) is 1.13. The molecule has 1 aliphatic rings. The molecule has 0 atom stereocenters. The lowest BCUT2D eigenvalue weighted by molar-refractivity contribution is 0.0489. The number of carbonyl (C=O) groups excluding carboxylic acids is 1. The molecule has 0 spiro atoms. The van der Waals surface area contributed by atoms with Crippen molar-refractivity contribution >= 4 is 17.1 Å². The van der Waals surface area contributed by atoms with Crippen LogP contribution in [0, 0.1) is 5.82 Å². The first kappa shape index (κ1) is 21.2. The second kappa shape index (κ2) is 8.90. The molecule has 0 aliphatic heterocycles. The van der Waals surface area contributed by atoms with Crippen LogP contribution in [0.1, 0.15) is 52.0 Å². The fraction of sp³-hybridized carbons (Fsp3) is 0.571. The Morgan fingerprint density at radius 3 is 2.55 bits per heavy atom. The van der Waals surface area contributed by atoms with Gasteiger partial charge in [0.1, 0.15) is 16.9 Å². The maximum absolute atomic E-state index is 14.4. The summed E-state index contributed by atoms with van der Waals surface area (Å²) >= 11 is 0. The van der Waals surface area contributed by atoms with Gasteiger partial charge in [-0.05, 0) is 58.6 Å². The first-order chi connectivity index (χ1) is 13.7.